The summed E-state index contributed by atoms with van der Waals surface area (Å²) in [7, 11) is -5.18. The smallest absolute Gasteiger partial charge is 0.317 e. The Balaban J connectivity index is 2.89. The van der Waals surface area contributed by atoms with E-state index < -0.39 is 21.6 Å². The molecule has 1 saturated heterocycles. The lowest BCUT2D eigenvalue weighted by Crippen LogP contribution is -2.50. The maximum atomic E-state index is 12.4. The van der Waals surface area contributed by atoms with Crippen molar-refractivity contribution in [3.63, 3.8) is 0 Å². The zero-order chi connectivity index (χ0) is 12.4. The number of piperidine rings is 1. The standard InChI is InChI=1S/C8H15F3N2O2S/c1-2-13(7-3-5-12-6-4-7)16(14,15)8(9,10)11/h7,12H,2-6H2,1H3. The number of alkyl halides is 3. The van der Waals surface area contributed by atoms with Gasteiger partial charge in [0.1, 0.15) is 0 Å². The van der Waals surface area contributed by atoms with Gasteiger partial charge in [-0.3, -0.25) is 0 Å². The van der Waals surface area contributed by atoms with Crippen molar-refractivity contribution >= 4 is 10.0 Å². The molecule has 1 heterocycles. The molecule has 4 nitrogen and oxygen atoms in total. The second kappa shape index (κ2) is 4.89. The van der Waals surface area contributed by atoms with Crippen LogP contribution in [0.4, 0.5) is 13.2 Å². The Morgan fingerprint density at radius 3 is 2.19 bits per heavy atom. The van der Waals surface area contributed by atoms with Crippen LogP contribution < -0.4 is 5.32 Å². The second-order valence-electron chi connectivity index (χ2n) is 3.64. The molecule has 1 aliphatic heterocycles. The summed E-state index contributed by atoms with van der Waals surface area (Å²) < 4.78 is 60.2. The molecule has 0 aliphatic carbocycles. The van der Waals surface area contributed by atoms with E-state index in [0.717, 1.165) is 0 Å². The third kappa shape index (κ3) is 2.67. The van der Waals surface area contributed by atoms with E-state index in [-0.39, 0.29) is 6.54 Å². The van der Waals surface area contributed by atoms with Gasteiger partial charge in [0.15, 0.2) is 0 Å². The summed E-state index contributed by atoms with van der Waals surface area (Å²) in [6.07, 6.45) is 0.840. The Kier molecular flexibility index (Phi) is 4.19. The molecule has 0 saturated carbocycles. The van der Waals surface area contributed by atoms with Crippen LogP contribution in [0.3, 0.4) is 0 Å². The molecule has 0 amide bonds. The molecule has 1 N–H and O–H groups in total. The van der Waals surface area contributed by atoms with E-state index in [0.29, 0.717) is 30.2 Å². The Morgan fingerprint density at radius 1 is 1.31 bits per heavy atom. The molecule has 0 aromatic rings. The molecule has 1 aliphatic rings. The summed E-state index contributed by atoms with van der Waals surface area (Å²) in [6.45, 7) is 2.38. The summed E-state index contributed by atoms with van der Waals surface area (Å²) >= 11 is 0. The first kappa shape index (κ1) is 13.7. The molecule has 16 heavy (non-hydrogen) atoms. The number of halogens is 3. The van der Waals surface area contributed by atoms with Crippen molar-refractivity contribution in [2.75, 3.05) is 19.6 Å². The third-order valence-electron chi connectivity index (χ3n) is 2.63. The topological polar surface area (TPSA) is 49.4 Å². The van der Waals surface area contributed by atoms with Crippen LogP contribution in [0.2, 0.25) is 0 Å². The number of rotatable bonds is 3. The van der Waals surface area contributed by atoms with Crippen molar-refractivity contribution < 1.29 is 21.6 Å². The van der Waals surface area contributed by atoms with Gasteiger partial charge < -0.3 is 5.32 Å². The minimum absolute atomic E-state index is 0.146. The van der Waals surface area contributed by atoms with Gasteiger partial charge in [0.2, 0.25) is 0 Å². The van der Waals surface area contributed by atoms with Crippen LogP contribution in [-0.2, 0) is 10.0 Å². The summed E-state index contributed by atoms with van der Waals surface area (Å²) in [4.78, 5) is 0. The largest absolute Gasteiger partial charge is 0.511 e. The summed E-state index contributed by atoms with van der Waals surface area (Å²) in [6, 6.07) is -0.544. The zero-order valence-electron chi connectivity index (χ0n) is 8.92. The van der Waals surface area contributed by atoms with E-state index in [1.165, 1.54) is 6.92 Å². The maximum absolute atomic E-state index is 12.4. The number of nitrogens with zero attached hydrogens (tertiary/aromatic N) is 1. The van der Waals surface area contributed by atoms with Crippen molar-refractivity contribution in [2.45, 2.75) is 31.3 Å². The fourth-order valence-corrected chi connectivity index (χ4v) is 3.06. The monoisotopic (exact) mass is 260 g/mol. The zero-order valence-corrected chi connectivity index (χ0v) is 9.74. The van der Waals surface area contributed by atoms with E-state index in [9.17, 15) is 21.6 Å². The minimum Gasteiger partial charge on any atom is -0.317 e. The first-order valence-electron chi connectivity index (χ1n) is 5.09. The van der Waals surface area contributed by atoms with Gasteiger partial charge in [-0.05, 0) is 25.9 Å². The number of sulfonamides is 1. The van der Waals surface area contributed by atoms with Crippen molar-refractivity contribution in [1.29, 1.82) is 0 Å². The highest BCUT2D eigenvalue weighted by molar-refractivity contribution is 7.90. The highest BCUT2D eigenvalue weighted by atomic mass is 32.2. The predicted molar refractivity (Wildman–Crippen MR) is 53.2 cm³/mol. The summed E-state index contributed by atoms with van der Waals surface area (Å²) in [5.41, 5.74) is -5.20. The van der Waals surface area contributed by atoms with Crippen LogP contribution in [0.25, 0.3) is 0 Å². The average Bonchev–Trinajstić information content (AvgIpc) is 2.18. The van der Waals surface area contributed by atoms with Gasteiger partial charge in [-0.15, -0.1) is 0 Å². The lowest BCUT2D eigenvalue weighted by Gasteiger charge is -2.33. The Labute approximate surface area is 92.9 Å². The Hall–Kier alpha value is -0.340. The number of nitrogens with one attached hydrogen (secondary N) is 1. The van der Waals surface area contributed by atoms with Gasteiger partial charge in [-0.2, -0.15) is 17.5 Å². The van der Waals surface area contributed by atoms with Gasteiger partial charge >= 0.3 is 15.5 Å². The van der Waals surface area contributed by atoms with E-state index in [1.54, 1.807) is 0 Å². The van der Waals surface area contributed by atoms with E-state index in [4.69, 9.17) is 0 Å². The molecule has 1 fully saturated rings. The third-order valence-corrected chi connectivity index (χ3v) is 4.39. The van der Waals surface area contributed by atoms with Gasteiger partial charge in [-0.1, -0.05) is 6.92 Å². The summed E-state index contributed by atoms with van der Waals surface area (Å²) in [5.74, 6) is 0. The minimum atomic E-state index is -5.20. The summed E-state index contributed by atoms with van der Waals surface area (Å²) in [5, 5.41) is 2.98. The van der Waals surface area contributed by atoms with E-state index in [2.05, 4.69) is 5.32 Å². The van der Waals surface area contributed by atoms with Crippen molar-refractivity contribution in [3.8, 4) is 0 Å². The van der Waals surface area contributed by atoms with Crippen molar-refractivity contribution in [1.82, 2.24) is 9.62 Å². The first-order valence-corrected chi connectivity index (χ1v) is 6.53. The Bertz CT molecular complexity index is 323. The first-order chi connectivity index (χ1) is 7.30. The SMILES string of the molecule is CCN(C1CCNCC1)S(=O)(=O)C(F)(F)F. The van der Waals surface area contributed by atoms with Crippen LogP contribution in [-0.4, -0.2) is 43.9 Å². The molecule has 0 radical (unpaired) electrons. The molecule has 1 rings (SSSR count). The van der Waals surface area contributed by atoms with Gasteiger partial charge in [-0.25, -0.2) is 8.42 Å². The highest BCUT2D eigenvalue weighted by Crippen LogP contribution is 2.29. The maximum Gasteiger partial charge on any atom is 0.511 e. The predicted octanol–water partition coefficient (Wildman–Crippen LogP) is 0.910. The van der Waals surface area contributed by atoms with Crippen molar-refractivity contribution in [3.05, 3.63) is 0 Å². The highest BCUT2D eigenvalue weighted by Gasteiger charge is 2.51. The fraction of sp³-hybridized carbons (Fsp3) is 1.00. The van der Waals surface area contributed by atoms with E-state index >= 15 is 0 Å². The fourth-order valence-electron chi connectivity index (χ4n) is 1.85. The Morgan fingerprint density at radius 2 is 1.81 bits per heavy atom. The lowest BCUT2D eigenvalue weighted by atomic mass is 10.1. The molecular formula is C8H15F3N2O2S. The average molecular weight is 260 g/mol. The molecule has 96 valence electrons. The normalized spacial score (nSPS) is 20.3. The molecule has 0 aromatic heterocycles. The molecule has 0 unspecified atom stereocenters. The molecule has 0 atom stereocenters. The van der Waals surface area contributed by atoms with Crippen LogP contribution in [0, 0.1) is 0 Å². The lowest BCUT2D eigenvalue weighted by molar-refractivity contribution is -0.0503. The molecule has 0 spiro atoms. The van der Waals surface area contributed by atoms with E-state index in [1.807, 2.05) is 0 Å². The van der Waals surface area contributed by atoms with Gasteiger partial charge in [0.25, 0.3) is 0 Å². The van der Waals surface area contributed by atoms with Gasteiger partial charge in [0.05, 0.1) is 0 Å². The van der Waals surface area contributed by atoms with Crippen LogP contribution >= 0.6 is 0 Å². The molecule has 0 aromatic carbocycles. The number of hydrogen-bond acceptors (Lipinski definition) is 3. The molecule has 0 bridgehead atoms. The second-order valence-corrected chi connectivity index (χ2v) is 5.52. The van der Waals surface area contributed by atoms with Crippen LogP contribution in [0.5, 0.6) is 0 Å². The molecule has 8 heteroatoms. The quantitative estimate of drug-likeness (QED) is 0.820. The van der Waals surface area contributed by atoms with Crippen molar-refractivity contribution in [2.24, 2.45) is 0 Å². The molecular weight excluding hydrogens is 245 g/mol. The van der Waals surface area contributed by atoms with Crippen LogP contribution in [0.1, 0.15) is 19.8 Å². The number of hydrogen-bond donors (Lipinski definition) is 1. The van der Waals surface area contributed by atoms with Crippen LogP contribution in [0.15, 0.2) is 0 Å². The van der Waals surface area contributed by atoms with Gasteiger partial charge in [0, 0.05) is 12.6 Å².